The number of hydrogen-bond acceptors (Lipinski definition) is 5. The third-order valence-corrected chi connectivity index (χ3v) is 4.48. The maximum atomic E-state index is 12.1. The summed E-state index contributed by atoms with van der Waals surface area (Å²) >= 11 is 1.13. The molecule has 2 aliphatic heterocycles. The Morgan fingerprint density at radius 2 is 1.92 bits per heavy atom. The van der Waals surface area contributed by atoms with Crippen LogP contribution >= 0.6 is 11.8 Å². The summed E-state index contributed by atoms with van der Waals surface area (Å²) < 4.78 is 10.6. The van der Waals surface area contributed by atoms with Crippen LogP contribution in [0.2, 0.25) is 0 Å². The number of amides is 2. The number of benzene rings is 2. The summed E-state index contributed by atoms with van der Waals surface area (Å²) in [6.45, 7) is 0.197. The van der Waals surface area contributed by atoms with Crippen LogP contribution < -0.4 is 14.8 Å². The van der Waals surface area contributed by atoms with E-state index in [1.54, 1.807) is 42.5 Å². The second-order valence-corrected chi connectivity index (χ2v) is 6.30. The first kappa shape index (κ1) is 15.5. The summed E-state index contributed by atoms with van der Waals surface area (Å²) in [5, 5.41) is 2.88. The van der Waals surface area contributed by atoms with Crippen LogP contribution in [0.15, 0.2) is 58.4 Å². The summed E-state index contributed by atoms with van der Waals surface area (Å²) in [5.74, 6) is 0.641. The Hall–Kier alpha value is -3.06. The lowest BCUT2D eigenvalue weighted by Crippen LogP contribution is -2.20. The summed E-state index contributed by atoms with van der Waals surface area (Å²) in [6.07, 6.45) is 1.72. The quantitative estimate of drug-likeness (QED) is 0.841. The average molecular weight is 352 g/mol. The smallest absolute Gasteiger partial charge is 0.279 e. The van der Waals surface area contributed by atoms with Crippen molar-refractivity contribution in [2.75, 3.05) is 6.79 Å². The molecule has 1 fully saturated rings. The number of nitrogens with zero attached hydrogens (tertiary/aromatic N) is 1. The van der Waals surface area contributed by atoms with E-state index in [1.807, 2.05) is 12.1 Å². The summed E-state index contributed by atoms with van der Waals surface area (Å²) in [6, 6.07) is 14.1. The van der Waals surface area contributed by atoms with Crippen LogP contribution in [0, 0.1) is 0 Å². The predicted octanol–water partition coefficient (Wildman–Crippen LogP) is 2.82. The molecule has 0 unspecified atom stereocenters. The number of rotatable bonds is 2. The molecule has 124 valence electrons. The normalized spacial score (nSPS) is 18.6. The molecule has 0 bridgehead atoms. The lowest BCUT2D eigenvalue weighted by molar-refractivity contribution is -0.115. The highest BCUT2D eigenvalue weighted by Crippen LogP contribution is 2.34. The van der Waals surface area contributed by atoms with Crippen LogP contribution in [0.5, 0.6) is 11.5 Å². The molecule has 2 amide bonds. The number of ether oxygens (including phenoxy) is 2. The third kappa shape index (κ3) is 3.27. The topological polar surface area (TPSA) is 77.0 Å². The highest BCUT2D eigenvalue weighted by atomic mass is 32.2. The molecule has 0 aliphatic carbocycles. The molecule has 1 N–H and O–H groups in total. The highest BCUT2D eigenvalue weighted by molar-refractivity contribution is 8.18. The number of aliphatic imine (C=N–C) groups is 1. The van der Waals surface area contributed by atoms with Crippen LogP contribution in [0.1, 0.15) is 15.9 Å². The fourth-order valence-corrected chi connectivity index (χ4v) is 3.19. The fourth-order valence-electron chi connectivity index (χ4n) is 2.37. The van der Waals surface area contributed by atoms with E-state index in [4.69, 9.17) is 9.47 Å². The second kappa shape index (κ2) is 6.45. The SMILES string of the molecule is O=C1NC(=NC(=O)c2ccccc2)S/C1=C\c1ccc2c(c1)OCO2. The van der Waals surface area contributed by atoms with Gasteiger partial charge in [-0.25, -0.2) is 0 Å². The number of carbonyl (C=O) groups is 2. The van der Waals surface area contributed by atoms with Crippen molar-refractivity contribution in [3.8, 4) is 11.5 Å². The Morgan fingerprint density at radius 1 is 1.12 bits per heavy atom. The first-order valence-electron chi connectivity index (χ1n) is 7.48. The van der Waals surface area contributed by atoms with Gasteiger partial charge in [-0.2, -0.15) is 4.99 Å². The maximum absolute atomic E-state index is 12.1. The van der Waals surface area contributed by atoms with Gasteiger partial charge in [0.15, 0.2) is 16.7 Å². The molecule has 6 nitrogen and oxygen atoms in total. The first-order chi connectivity index (χ1) is 12.2. The molecular weight excluding hydrogens is 340 g/mol. The van der Waals surface area contributed by atoms with Gasteiger partial charge in [0.25, 0.3) is 11.8 Å². The summed E-state index contributed by atoms with van der Waals surface area (Å²) in [4.78, 5) is 28.6. The van der Waals surface area contributed by atoms with Crippen molar-refractivity contribution in [1.29, 1.82) is 0 Å². The second-order valence-electron chi connectivity index (χ2n) is 5.27. The van der Waals surface area contributed by atoms with E-state index in [0.717, 1.165) is 17.3 Å². The van der Waals surface area contributed by atoms with Gasteiger partial charge in [0.1, 0.15) is 0 Å². The Kier molecular flexibility index (Phi) is 3.99. The van der Waals surface area contributed by atoms with Crippen LogP contribution in [-0.2, 0) is 4.79 Å². The van der Waals surface area contributed by atoms with Crippen molar-refractivity contribution >= 4 is 34.8 Å². The molecule has 0 spiro atoms. The number of thioether (sulfide) groups is 1. The van der Waals surface area contributed by atoms with E-state index in [-0.39, 0.29) is 17.9 Å². The Morgan fingerprint density at radius 3 is 2.76 bits per heavy atom. The molecule has 1 saturated heterocycles. The van der Waals surface area contributed by atoms with E-state index in [9.17, 15) is 9.59 Å². The standard InChI is InChI=1S/C18H12N2O4S/c21-16(12-4-2-1-3-5-12)19-18-20-17(22)15(25-18)9-11-6-7-13-14(8-11)24-10-23-13/h1-9H,10H2,(H,19,20,21,22)/b15-9-. The fraction of sp³-hybridized carbons (Fsp3) is 0.0556. The molecule has 2 aromatic carbocycles. The van der Waals surface area contributed by atoms with Gasteiger partial charge in [0.05, 0.1) is 4.91 Å². The zero-order valence-electron chi connectivity index (χ0n) is 12.9. The maximum Gasteiger partial charge on any atom is 0.279 e. The van der Waals surface area contributed by atoms with Gasteiger partial charge >= 0.3 is 0 Å². The number of nitrogens with one attached hydrogen (secondary N) is 1. The van der Waals surface area contributed by atoms with Gasteiger partial charge in [-0.05, 0) is 47.7 Å². The van der Waals surface area contributed by atoms with Crippen LogP contribution in [0.25, 0.3) is 6.08 Å². The number of fused-ring (bicyclic) bond motifs is 1. The minimum Gasteiger partial charge on any atom is -0.454 e. The molecule has 2 aromatic rings. The van der Waals surface area contributed by atoms with Crippen molar-refractivity contribution in [2.45, 2.75) is 0 Å². The average Bonchev–Trinajstić information content (AvgIpc) is 3.22. The highest BCUT2D eigenvalue weighted by Gasteiger charge is 2.25. The first-order valence-corrected chi connectivity index (χ1v) is 8.29. The van der Waals surface area contributed by atoms with Crippen molar-refractivity contribution in [2.24, 2.45) is 4.99 Å². The summed E-state index contributed by atoms with van der Waals surface area (Å²) in [7, 11) is 0. The van der Waals surface area contributed by atoms with Gasteiger partial charge in [0, 0.05) is 5.56 Å². The van der Waals surface area contributed by atoms with E-state index >= 15 is 0 Å². The molecular formula is C18H12N2O4S. The lowest BCUT2D eigenvalue weighted by atomic mass is 10.2. The van der Waals surface area contributed by atoms with Crippen LogP contribution in [-0.4, -0.2) is 23.8 Å². The van der Waals surface area contributed by atoms with Gasteiger partial charge in [-0.15, -0.1) is 0 Å². The molecule has 4 rings (SSSR count). The Labute approximate surface area is 147 Å². The van der Waals surface area contributed by atoms with Gasteiger partial charge < -0.3 is 14.8 Å². The van der Waals surface area contributed by atoms with Gasteiger partial charge in [0.2, 0.25) is 6.79 Å². The summed E-state index contributed by atoms with van der Waals surface area (Å²) in [5.41, 5.74) is 1.27. The number of carbonyl (C=O) groups excluding carboxylic acids is 2. The molecule has 0 radical (unpaired) electrons. The van der Waals surface area contributed by atoms with Crippen molar-refractivity contribution in [1.82, 2.24) is 5.32 Å². The van der Waals surface area contributed by atoms with Gasteiger partial charge in [-0.1, -0.05) is 24.3 Å². The Balaban J connectivity index is 1.54. The van der Waals surface area contributed by atoms with Crippen LogP contribution in [0.3, 0.4) is 0 Å². The third-order valence-electron chi connectivity index (χ3n) is 3.57. The monoisotopic (exact) mass is 352 g/mol. The van der Waals surface area contributed by atoms with Crippen molar-refractivity contribution in [3.63, 3.8) is 0 Å². The molecule has 7 heteroatoms. The number of hydrogen-bond donors (Lipinski definition) is 1. The zero-order chi connectivity index (χ0) is 17.2. The number of amidine groups is 1. The minimum absolute atomic E-state index is 0.197. The zero-order valence-corrected chi connectivity index (χ0v) is 13.7. The van der Waals surface area contributed by atoms with Crippen LogP contribution in [0.4, 0.5) is 0 Å². The van der Waals surface area contributed by atoms with E-state index in [1.165, 1.54) is 0 Å². The molecule has 0 saturated carbocycles. The molecule has 0 atom stereocenters. The van der Waals surface area contributed by atoms with Crippen molar-refractivity contribution < 1.29 is 19.1 Å². The lowest BCUT2D eigenvalue weighted by Gasteiger charge is -1.98. The Bertz CT molecular complexity index is 922. The molecule has 25 heavy (non-hydrogen) atoms. The molecule has 2 aliphatic rings. The minimum atomic E-state index is -0.396. The largest absolute Gasteiger partial charge is 0.454 e. The molecule has 2 heterocycles. The van der Waals surface area contributed by atoms with E-state index in [0.29, 0.717) is 22.0 Å². The van der Waals surface area contributed by atoms with E-state index in [2.05, 4.69) is 10.3 Å². The predicted molar refractivity (Wildman–Crippen MR) is 94.5 cm³/mol. The van der Waals surface area contributed by atoms with E-state index < -0.39 is 5.91 Å². The van der Waals surface area contributed by atoms with Crippen molar-refractivity contribution in [3.05, 3.63) is 64.6 Å². The molecule has 0 aromatic heterocycles. The van der Waals surface area contributed by atoms with Gasteiger partial charge in [-0.3, -0.25) is 9.59 Å².